The first-order valence-electron chi connectivity index (χ1n) is 11.4. The number of pyridine rings is 1. The van der Waals surface area contributed by atoms with Crippen LogP contribution in [-0.2, 0) is 0 Å². The van der Waals surface area contributed by atoms with Gasteiger partial charge in [-0.3, -0.25) is 0 Å². The number of fused-ring (bicyclic) bond motifs is 2. The van der Waals surface area contributed by atoms with E-state index in [0.717, 1.165) is 53.1 Å². The van der Waals surface area contributed by atoms with Crippen LogP contribution in [0.5, 0.6) is 0 Å². The van der Waals surface area contributed by atoms with Gasteiger partial charge in [-0.15, -0.1) is 0 Å². The van der Waals surface area contributed by atoms with E-state index in [-0.39, 0.29) is 5.95 Å². The van der Waals surface area contributed by atoms with Crippen LogP contribution in [0.15, 0.2) is 43.5 Å². The Morgan fingerprint density at radius 1 is 1.24 bits per heavy atom. The van der Waals surface area contributed by atoms with Gasteiger partial charge in [0.15, 0.2) is 0 Å². The first kappa shape index (κ1) is 22.2. The molecule has 178 valence electrons. The molecule has 5 rings (SSSR count). The van der Waals surface area contributed by atoms with Crippen LogP contribution < -0.4 is 10.6 Å². The first-order valence-corrected chi connectivity index (χ1v) is 11.4. The van der Waals surface area contributed by atoms with Crippen molar-refractivity contribution in [3.05, 3.63) is 49.1 Å². The van der Waals surface area contributed by atoms with Crippen LogP contribution in [0.25, 0.3) is 33.4 Å². The molecule has 7 nitrogen and oxygen atoms in total. The summed E-state index contributed by atoms with van der Waals surface area (Å²) < 4.78 is 40.4. The van der Waals surface area contributed by atoms with Crippen molar-refractivity contribution in [2.75, 3.05) is 5.32 Å². The first-order chi connectivity index (χ1) is 16.3. The van der Waals surface area contributed by atoms with E-state index in [1.165, 1.54) is 25.5 Å². The average Bonchev–Trinajstić information content (AvgIpc) is 3.42. The van der Waals surface area contributed by atoms with E-state index >= 15 is 0 Å². The Labute approximate surface area is 194 Å². The summed E-state index contributed by atoms with van der Waals surface area (Å²) in [7, 11) is 0. The van der Waals surface area contributed by atoms with Gasteiger partial charge in [0.2, 0.25) is 5.95 Å². The van der Waals surface area contributed by atoms with E-state index in [4.69, 9.17) is 0 Å². The Kier molecular flexibility index (Phi) is 5.66. The van der Waals surface area contributed by atoms with Gasteiger partial charge in [-0.05, 0) is 37.5 Å². The Balaban J connectivity index is 1.43. The summed E-state index contributed by atoms with van der Waals surface area (Å²) in [5.41, 5.74) is 4.94. The lowest BCUT2D eigenvalue weighted by atomic mass is 9.95. The molecular weight excluding hydrogens is 443 g/mol. The molecule has 0 bridgehead atoms. The van der Waals surface area contributed by atoms with Crippen LogP contribution in [0.1, 0.15) is 44.6 Å². The predicted molar refractivity (Wildman–Crippen MR) is 126 cm³/mol. The quantitative estimate of drug-likeness (QED) is 0.346. The summed E-state index contributed by atoms with van der Waals surface area (Å²) in [5, 5.41) is 11.0. The van der Waals surface area contributed by atoms with Crippen molar-refractivity contribution in [3.63, 3.8) is 0 Å². The minimum absolute atomic E-state index is 0.0793. The Bertz CT molecular complexity index is 1330. The molecule has 0 saturated heterocycles. The Morgan fingerprint density at radius 3 is 2.79 bits per heavy atom. The Hall–Kier alpha value is -3.56. The number of nitrogens with one attached hydrogen (secondary N) is 3. The number of nitrogens with zero attached hydrogens (tertiary/aromatic N) is 4. The van der Waals surface area contributed by atoms with E-state index in [1.807, 2.05) is 24.5 Å². The topological polar surface area (TPSA) is 82.9 Å². The molecule has 4 aromatic heterocycles. The zero-order valence-corrected chi connectivity index (χ0v) is 18.8. The molecule has 0 amide bonds. The molecule has 1 atom stereocenters. The fourth-order valence-corrected chi connectivity index (χ4v) is 4.44. The van der Waals surface area contributed by atoms with Crippen molar-refractivity contribution in [2.45, 2.75) is 57.3 Å². The summed E-state index contributed by atoms with van der Waals surface area (Å²) in [6.07, 6.45) is 8.69. The number of H-pyrrole nitrogens is 1. The van der Waals surface area contributed by atoms with Crippen molar-refractivity contribution >= 4 is 28.2 Å². The molecule has 0 aromatic carbocycles. The number of alkyl halides is 3. The maximum absolute atomic E-state index is 12.9. The van der Waals surface area contributed by atoms with Gasteiger partial charge in [-0.2, -0.15) is 23.3 Å². The summed E-state index contributed by atoms with van der Waals surface area (Å²) in [4.78, 5) is 11.4. The molecule has 0 unspecified atom stereocenters. The third kappa shape index (κ3) is 4.32. The van der Waals surface area contributed by atoms with Gasteiger partial charge < -0.3 is 15.6 Å². The van der Waals surface area contributed by atoms with Crippen molar-refractivity contribution in [1.82, 2.24) is 29.9 Å². The van der Waals surface area contributed by atoms with Gasteiger partial charge in [0.1, 0.15) is 11.7 Å². The summed E-state index contributed by atoms with van der Waals surface area (Å²) in [6.45, 7) is 5.29. The van der Waals surface area contributed by atoms with E-state index in [9.17, 15) is 13.2 Å². The predicted octanol–water partition coefficient (Wildman–Crippen LogP) is 5.53. The minimum atomic E-state index is -4.38. The fraction of sp³-hybridized carbons (Fsp3) is 0.375. The summed E-state index contributed by atoms with van der Waals surface area (Å²) in [6, 6.07) is 2.64. The summed E-state index contributed by atoms with van der Waals surface area (Å²) >= 11 is 0. The van der Waals surface area contributed by atoms with Gasteiger partial charge >= 0.3 is 6.18 Å². The fourth-order valence-electron chi connectivity index (χ4n) is 4.44. The number of halogens is 3. The van der Waals surface area contributed by atoms with Crippen LogP contribution in [0.2, 0.25) is 0 Å². The van der Waals surface area contributed by atoms with E-state index in [2.05, 4.69) is 37.3 Å². The minimum Gasteiger partial charge on any atom is -0.382 e. The smallest absolute Gasteiger partial charge is 0.382 e. The highest BCUT2D eigenvalue weighted by Gasteiger charge is 2.36. The molecule has 4 aromatic rings. The lowest BCUT2D eigenvalue weighted by Crippen LogP contribution is -2.33. The van der Waals surface area contributed by atoms with Gasteiger partial charge in [-0.1, -0.05) is 25.8 Å². The summed E-state index contributed by atoms with van der Waals surface area (Å²) in [5.74, 6) is -0.0793. The molecule has 4 heterocycles. The van der Waals surface area contributed by atoms with E-state index in [0.29, 0.717) is 11.7 Å². The molecule has 0 radical (unpaired) electrons. The van der Waals surface area contributed by atoms with Crippen LogP contribution in [-0.4, -0.2) is 42.8 Å². The molecule has 10 heteroatoms. The average molecular weight is 470 g/mol. The van der Waals surface area contributed by atoms with Crippen LogP contribution in [0, 0.1) is 0 Å². The van der Waals surface area contributed by atoms with Gasteiger partial charge in [-0.25, -0.2) is 9.50 Å². The van der Waals surface area contributed by atoms with Crippen molar-refractivity contribution in [1.29, 1.82) is 0 Å². The van der Waals surface area contributed by atoms with Crippen LogP contribution in [0.3, 0.4) is 0 Å². The van der Waals surface area contributed by atoms with Gasteiger partial charge in [0.05, 0.1) is 11.7 Å². The second kappa shape index (κ2) is 8.66. The molecule has 3 N–H and O–H groups in total. The lowest BCUT2D eigenvalue weighted by molar-refractivity contribution is -0.138. The van der Waals surface area contributed by atoms with Gasteiger partial charge in [0.25, 0.3) is 0 Å². The zero-order valence-electron chi connectivity index (χ0n) is 18.8. The standard InChI is InChI=1S/C24H26F3N7/c1-14(31-17-6-4-3-5-7-17)18-13-30-34-9-8-16(10-21(18)34)19-11-28-22-20(19)12-29-23(33-22)32-15(2)24(25,26)27/h8-13,15,17,31H,1,3-7H2,2H3,(H2,28,29,32,33)/t15-/m1/s1. The van der Waals surface area contributed by atoms with Crippen LogP contribution in [0.4, 0.5) is 19.1 Å². The third-order valence-corrected chi connectivity index (χ3v) is 6.41. The second-order valence-electron chi connectivity index (χ2n) is 8.83. The number of rotatable bonds is 6. The highest BCUT2D eigenvalue weighted by Crippen LogP contribution is 2.31. The number of hydrogen-bond donors (Lipinski definition) is 3. The number of anilines is 1. The number of hydrogen-bond acceptors (Lipinski definition) is 5. The SMILES string of the molecule is C=C(NC1CCCCC1)c1cnn2ccc(-c3c[nH]c4nc(N[C@H](C)C(F)(F)F)ncc34)cc12. The van der Waals surface area contributed by atoms with Crippen LogP contribution >= 0.6 is 0 Å². The van der Waals surface area contributed by atoms with E-state index in [1.54, 1.807) is 10.7 Å². The molecule has 0 aliphatic heterocycles. The maximum Gasteiger partial charge on any atom is 0.408 e. The number of aromatic nitrogens is 5. The normalized spacial score (nSPS) is 16.1. The maximum atomic E-state index is 12.9. The van der Waals surface area contributed by atoms with E-state index < -0.39 is 12.2 Å². The molecule has 1 aliphatic rings. The van der Waals surface area contributed by atoms with Crippen molar-refractivity contribution < 1.29 is 13.2 Å². The molecule has 1 fully saturated rings. The second-order valence-corrected chi connectivity index (χ2v) is 8.83. The highest BCUT2D eigenvalue weighted by atomic mass is 19.4. The largest absolute Gasteiger partial charge is 0.408 e. The molecule has 1 saturated carbocycles. The van der Waals surface area contributed by atoms with Crippen molar-refractivity contribution in [3.8, 4) is 11.1 Å². The Morgan fingerprint density at radius 2 is 2.03 bits per heavy atom. The molecular formula is C24H26F3N7. The third-order valence-electron chi connectivity index (χ3n) is 6.41. The zero-order chi connectivity index (χ0) is 23.9. The highest BCUT2D eigenvalue weighted by molar-refractivity contribution is 5.94. The number of aromatic amines is 1. The van der Waals surface area contributed by atoms with Crippen molar-refractivity contribution in [2.24, 2.45) is 0 Å². The van der Waals surface area contributed by atoms with Gasteiger partial charge in [0, 0.05) is 46.8 Å². The molecule has 0 spiro atoms. The molecule has 34 heavy (non-hydrogen) atoms. The molecule has 1 aliphatic carbocycles. The lowest BCUT2D eigenvalue weighted by Gasteiger charge is -2.24. The monoisotopic (exact) mass is 469 g/mol.